The van der Waals surface area contributed by atoms with Gasteiger partial charge in [0, 0.05) is 5.92 Å². The number of hydrogen-bond donors (Lipinski definition) is 1. The van der Waals surface area contributed by atoms with E-state index in [1.54, 1.807) is 0 Å². The van der Waals surface area contributed by atoms with Gasteiger partial charge in [0.15, 0.2) is 0 Å². The van der Waals surface area contributed by atoms with Gasteiger partial charge in [0.2, 0.25) is 0 Å². The van der Waals surface area contributed by atoms with Crippen molar-refractivity contribution in [2.24, 2.45) is 22.6 Å². The molecule has 2 N–H and O–H groups in total. The molecule has 15 heavy (non-hydrogen) atoms. The zero-order chi connectivity index (χ0) is 11.5. The second kappa shape index (κ2) is 5.00. The molecule has 2 unspecified atom stereocenters. The van der Waals surface area contributed by atoms with Gasteiger partial charge in [0.1, 0.15) is 0 Å². The fourth-order valence-corrected chi connectivity index (χ4v) is 2.41. The topological polar surface area (TPSA) is 38.4 Å². The molecule has 1 aliphatic rings. The molecule has 88 valence electrons. The molecule has 0 heterocycles. The van der Waals surface area contributed by atoms with Crippen LogP contribution in [0.25, 0.3) is 0 Å². The molecule has 0 amide bonds. The summed E-state index contributed by atoms with van der Waals surface area (Å²) in [6.07, 6.45) is 6.49. The number of aliphatic imine (C=N–C) groups is 1. The first-order valence-corrected chi connectivity index (χ1v) is 6.27. The normalized spacial score (nSPS) is 29.2. The molecule has 2 nitrogen and oxygen atoms in total. The summed E-state index contributed by atoms with van der Waals surface area (Å²) in [5.41, 5.74) is 6.08. The van der Waals surface area contributed by atoms with Crippen LogP contribution in [-0.4, -0.2) is 11.4 Å². The Bertz CT molecular complexity index is 225. The predicted molar refractivity (Wildman–Crippen MR) is 67.1 cm³/mol. The summed E-state index contributed by atoms with van der Waals surface area (Å²) in [5, 5.41) is 0. The fourth-order valence-electron chi connectivity index (χ4n) is 2.41. The third kappa shape index (κ3) is 4.23. The average molecular weight is 210 g/mol. The molecular weight excluding hydrogens is 184 g/mol. The first kappa shape index (κ1) is 12.5. The lowest BCUT2D eigenvalue weighted by Gasteiger charge is -2.29. The Morgan fingerprint density at radius 3 is 2.53 bits per heavy atom. The van der Waals surface area contributed by atoms with Gasteiger partial charge in [-0.05, 0) is 39.5 Å². The van der Waals surface area contributed by atoms with E-state index in [0.29, 0.717) is 5.92 Å². The van der Waals surface area contributed by atoms with Gasteiger partial charge < -0.3 is 5.73 Å². The van der Waals surface area contributed by atoms with Crippen LogP contribution in [0.15, 0.2) is 4.99 Å². The Balaban J connectivity index is 2.59. The van der Waals surface area contributed by atoms with Crippen molar-refractivity contribution in [3.8, 4) is 0 Å². The molecule has 1 aliphatic carbocycles. The Hall–Kier alpha value is -0.530. The number of nitrogens with two attached hydrogens (primary N) is 1. The number of nitrogens with zero attached hydrogens (tertiary/aromatic N) is 1. The van der Waals surface area contributed by atoms with Gasteiger partial charge in [-0.25, -0.2) is 0 Å². The summed E-state index contributed by atoms with van der Waals surface area (Å²) in [4.78, 5) is 4.60. The van der Waals surface area contributed by atoms with Crippen LogP contribution in [0.4, 0.5) is 0 Å². The van der Waals surface area contributed by atoms with Crippen LogP contribution >= 0.6 is 0 Å². The Morgan fingerprint density at radius 2 is 2.00 bits per heavy atom. The van der Waals surface area contributed by atoms with Crippen LogP contribution < -0.4 is 5.73 Å². The molecule has 0 saturated heterocycles. The molecule has 0 aliphatic heterocycles. The highest BCUT2D eigenvalue weighted by Gasteiger charge is 2.24. The van der Waals surface area contributed by atoms with Crippen molar-refractivity contribution in [2.45, 2.75) is 65.3 Å². The molecule has 2 heteroatoms. The number of rotatable bonds is 2. The third-order valence-corrected chi connectivity index (χ3v) is 3.24. The maximum Gasteiger partial charge on any atom is 0.0975 e. The van der Waals surface area contributed by atoms with Gasteiger partial charge in [-0.1, -0.05) is 26.2 Å². The molecule has 0 bridgehead atoms. The van der Waals surface area contributed by atoms with Crippen molar-refractivity contribution >= 4 is 5.84 Å². The van der Waals surface area contributed by atoms with Gasteiger partial charge >= 0.3 is 0 Å². The minimum atomic E-state index is -0.0246. The Kier molecular flexibility index (Phi) is 4.18. The number of hydrogen-bond acceptors (Lipinski definition) is 1. The summed E-state index contributed by atoms with van der Waals surface area (Å²) >= 11 is 0. The smallest absolute Gasteiger partial charge is 0.0975 e. The van der Waals surface area contributed by atoms with E-state index in [1.165, 1.54) is 32.1 Å². The quantitative estimate of drug-likeness (QED) is 0.551. The Morgan fingerprint density at radius 1 is 1.33 bits per heavy atom. The van der Waals surface area contributed by atoms with Crippen molar-refractivity contribution in [3.63, 3.8) is 0 Å². The molecule has 1 saturated carbocycles. The zero-order valence-corrected chi connectivity index (χ0v) is 10.7. The van der Waals surface area contributed by atoms with Crippen LogP contribution in [0, 0.1) is 11.8 Å². The van der Waals surface area contributed by atoms with Crippen molar-refractivity contribution in [1.29, 1.82) is 0 Å². The monoisotopic (exact) mass is 210 g/mol. The Labute approximate surface area is 94.3 Å². The highest BCUT2D eigenvalue weighted by molar-refractivity contribution is 5.83. The van der Waals surface area contributed by atoms with Gasteiger partial charge in [0.05, 0.1) is 11.4 Å². The predicted octanol–water partition coefficient (Wildman–Crippen LogP) is 3.36. The highest BCUT2D eigenvalue weighted by atomic mass is 14.9. The zero-order valence-electron chi connectivity index (χ0n) is 10.7. The molecule has 0 aromatic carbocycles. The van der Waals surface area contributed by atoms with Crippen LogP contribution in [0.1, 0.15) is 59.8 Å². The van der Waals surface area contributed by atoms with E-state index >= 15 is 0 Å². The summed E-state index contributed by atoms with van der Waals surface area (Å²) in [6.45, 7) is 8.62. The second-order valence-electron chi connectivity index (χ2n) is 5.85. The van der Waals surface area contributed by atoms with E-state index in [2.05, 4.69) is 32.7 Å². The summed E-state index contributed by atoms with van der Waals surface area (Å²) in [7, 11) is 0. The van der Waals surface area contributed by atoms with E-state index < -0.39 is 0 Å². The first-order chi connectivity index (χ1) is 6.92. The number of amidine groups is 1. The van der Waals surface area contributed by atoms with Crippen molar-refractivity contribution in [1.82, 2.24) is 0 Å². The lowest BCUT2D eigenvalue weighted by Crippen LogP contribution is -2.31. The largest absolute Gasteiger partial charge is 0.387 e. The molecular formula is C13H26N2. The molecule has 0 aromatic heterocycles. The molecule has 1 rings (SSSR count). The van der Waals surface area contributed by atoms with Crippen LogP contribution in [0.5, 0.6) is 0 Å². The maximum atomic E-state index is 6.10. The third-order valence-electron chi connectivity index (χ3n) is 3.24. The molecule has 1 fully saturated rings. The lowest BCUT2D eigenvalue weighted by molar-refractivity contribution is 0.307. The van der Waals surface area contributed by atoms with Gasteiger partial charge in [-0.3, -0.25) is 4.99 Å². The van der Waals surface area contributed by atoms with Crippen LogP contribution in [-0.2, 0) is 0 Å². The van der Waals surface area contributed by atoms with Gasteiger partial charge in [-0.15, -0.1) is 0 Å². The maximum absolute atomic E-state index is 6.10. The van der Waals surface area contributed by atoms with Crippen molar-refractivity contribution < 1.29 is 0 Å². The highest BCUT2D eigenvalue weighted by Crippen LogP contribution is 2.31. The molecule has 0 spiro atoms. The van der Waals surface area contributed by atoms with Crippen LogP contribution in [0.2, 0.25) is 0 Å². The SMILES string of the molecule is CCC1CCCC(C(N)=NC(C)(C)C)C1. The van der Waals surface area contributed by atoms with Gasteiger partial charge in [0.25, 0.3) is 0 Å². The van der Waals surface area contributed by atoms with E-state index in [4.69, 9.17) is 5.73 Å². The van der Waals surface area contributed by atoms with E-state index in [1.807, 2.05) is 0 Å². The van der Waals surface area contributed by atoms with Crippen molar-refractivity contribution in [3.05, 3.63) is 0 Å². The second-order valence-corrected chi connectivity index (χ2v) is 5.85. The minimum Gasteiger partial charge on any atom is -0.387 e. The lowest BCUT2D eigenvalue weighted by atomic mass is 9.79. The summed E-state index contributed by atoms with van der Waals surface area (Å²) in [5.74, 6) is 2.31. The van der Waals surface area contributed by atoms with E-state index in [0.717, 1.165) is 11.8 Å². The molecule has 2 atom stereocenters. The summed E-state index contributed by atoms with van der Waals surface area (Å²) < 4.78 is 0. The van der Waals surface area contributed by atoms with E-state index in [9.17, 15) is 0 Å². The van der Waals surface area contributed by atoms with Gasteiger partial charge in [-0.2, -0.15) is 0 Å². The van der Waals surface area contributed by atoms with E-state index in [-0.39, 0.29) is 5.54 Å². The molecule has 0 radical (unpaired) electrons. The minimum absolute atomic E-state index is 0.0246. The fraction of sp³-hybridized carbons (Fsp3) is 0.923. The first-order valence-electron chi connectivity index (χ1n) is 6.27. The van der Waals surface area contributed by atoms with Crippen LogP contribution in [0.3, 0.4) is 0 Å². The summed E-state index contributed by atoms with van der Waals surface area (Å²) in [6, 6.07) is 0. The molecule has 0 aromatic rings. The standard InChI is InChI=1S/C13H26N2/c1-5-10-7-6-8-11(9-10)12(14)15-13(2,3)4/h10-11H,5-9H2,1-4H3,(H2,14,15). The average Bonchev–Trinajstić information content (AvgIpc) is 2.15. The van der Waals surface area contributed by atoms with Crippen molar-refractivity contribution in [2.75, 3.05) is 0 Å².